The van der Waals surface area contributed by atoms with E-state index in [4.69, 9.17) is 30.8 Å². The second-order valence-corrected chi connectivity index (χ2v) is 4.51. The van der Waals surface area contributed by atoms with Crippen LogP contribution in [0.1, 0.15) is 12.7 Å². The summed E-state index contributed by atoms with van der Waals surface area (Å²) in [7, 11) is 0. The van der Waals surface area contributed by atoms with Gasteiger partial charge in [0.25, 0.3) is 0 Å². The molecule has 0 aromatic carbocycles. The molecule has 1 fully saturated rings. The largest absolute Gasteiger partial charge is 0.467 e. The number of furan rings is 1. The number of nitrogens with one attached hydrogen (secondary N) is 2. The van der Waals surface area contributed by atoms with Gasteiger partial charge in [0, 0.05) is 6.92 Å². The van der Waals surface area contributed by atoms with Gasteiger partial charge in [-0.05, 0) is 24.4 Å². The van der Waals surface area contributed by atoms with Crippen LogP contribution in [0.3, 0.4) is 0 Å². The summed E-state index contributed by atoms with van der Waals surface area (Å²) < 4.78 is 20.8. The lowest BCUT2D eigenvalue weighted by Gasteiger charge is -2.29. The number of carbonyl (C=O) groups is 1. The van der Waals surface area contributed by atoms with Crippen LogP contribution in [0.5, 0.6) is 0 Å². The minimum atomic E-state index is -0.657. The van der Waals surface area contributed by atoms with E-state index < -0.39 is 12.3 Å². The Kier molecular flexibility index (Phi) is 5.33. The molecule has 0 saturated carbocycles. The van der Waals surface area contributed by atoms with Gasteiger partial charge in [0.1, 0.15) is 12.4 Å². The lowest BCUT2D eigenvalue weighted by molar-refractivity contribution is -0.232. The summed E-state index contributed by atoms with van der Waals surface area (Å²) in [4.78, 5) is 10.8. The second-order valence-electron chi connectivity index (χ2n) is 4.10. The van der Waals surface area contributed by atoms with Gasteiger partial charge in [0.2, 0.25) is 6.29 Å². The molecule has 2 rings (SSSR count). The molecule has 0 unspecified atom stereocenters. The van der Waals surface area contributed by atoms with Crippen molar-refractivity contribution < 1.29 is 23.4 Å². The molecule has 0 bridgehead atoms. The molecule has 20 heavy (non-hydrogen) atoms. The summed E-state index contributed by atoms with van der Waals surface area (Å²) in [6, 6.07) is 3.65. The van der Waals surface area contributed by atoms with Crippen LogP contribution < -0.4 is 10.6 Å². The van der Waals surface area contributed by atoms with Crippen LogP contribution in [0, 0.1) is 0 Å². The van der Waals surface area contributed by atoms with E-state index in [2.05, 4.69) is 10.6 Å². The van der Waals surface area contributed by atoms with Gasteiger partial charge in [-0.25, -0.2) is 0 Å². The summed E-state index contributed by atoms with van der Waals surface area (Å²) in [5.41, 5.74) is 0. The molecule has 0 amide bonds. The summed E-state index contributed by atoms with van der Waals surface area (Å²) in [5.74, 6) is 0.380. The molecule has 1 aromatic heterocycles. The zero-order chi connectivity index (χ0) is 14.4. The highest BCUT2D eigenvalue weighted by Crippen LogP contribution is 2.07. The molecule has 2 N–H and O–H groups in total. The van der Waals surface area contributed by atoms with Gasteiger partial charge in [0.05, 0.1) is 19.4 Å². The summed E-state index contributed by atoms with van der Waals surface area (Å²) in [6.07, 6.45) is 0.564. The van der Waals surface area contributed by atoms with Crippen molar-refractivity contribution in [2.24, 2.45) is 0 Å². The Hall–Kier alpha value is -1.64. The molecular weight excluding hydrogens is 284 g/mol. The van der Waals surface area contributed by atoms with Crippen LogP contribution in [-0.2, 0) is 25.5 Å². The third-order valence-electron chi connectivity index (χ3n) is 2.46. The van der Waals surface area contributed by atoms with Gasteiger partial charge >= 0.3 is 5.97 Å². The first kappa shape index (κ1) is 14.8. The molecule has 2 heterocycles. The third kappa shape index (κ3) is 4.80. The van der Waals surface area contributed by atoms with Gasteiger partial charge in [-0.3, -0.25) is 4.79 Å². The lowest BCUT2D eigenvalue weighted by Crippen LogP contribution is -2.50. The minimum absolute atomic E-state index is 0.165. The molecule has 1 saturated heterocycles. The fourth-order valence-corrected chi connectivity index (χ4v) is 1.80. The average Bonchev–Trinajstić information content (AvgIpc) is 2.91. The van der Waals surface area contributed by atoms with Gasteiger partial charge < -0.3 is 29.3 Å². The van der Waals surface area contributed by atoms with Crippen LogP contribution in [0.2, 0.25) is 0 Å². The zero-order valence-electron chi connectivity index (χ0n) is 11.0. The van der Waals surface area contributed by atoms with Crippen LogP contribution in [0.15, 0.2) is 22.8 Å². The first-order chi connectivity index (χ1) is 9.63. The molecule has 0 aliphatic carbocycles. The van der Waals surface area contributed by atoms with E-state index in [1.807, 2.05) is 6.07 Å². The zero-order valence-corrected chi connectivity index (χ0v) is 11.8. The first-order valence-electron chi connectivity index (χ1n) is 6.10. The van der Waals surface area contributed by atoms with Crippen LogP contribution >= 0.6 is 12.2 Å². The van der Waals surface area contributed by atoms with Crippen molar-refractivity contribution in [1.29, 1.82) is 0 Å². The van der Waals surface area contributed by atoms with E-state index >= 15 is 0 Å². The molecule has 1 aliphatic rings. The highest BCUT2D eigenvalue weighted by Gasteiger charge is 2.24. The fraction of sp³-hybridized carbons (Fsp3) is 0.500. The van der Waals surface area contributed by atoms with Crippen LogP contribution in [0.4, 0.5) is 0 Å². The van der Waals surface area contributed by atoms with E-state index in [9.17, 15) is 4.79 Å². The fourth-order valence-electron chi connectivity index (χ4n) is 1.60. The van der Waals surface area contributed by atoms with E-state index in [1.54, 1.807) is 12.3 Å². The topological polar surface area (TPSA) is 82.0 Å². The quantitative estimate of drug-likeness (QED) is 0.615. The number of rotatable bonds is 4. The molecular formula is C12H16N2O5S. The first-order valence-corrected chi connectivity index (χ1v) is 6.51. The highest BCUT2D eigenvalue weighted by molar-refractivity contribution is 7.80. The van der Waals surface area contributed by atoms with Crippen molar-refractivity contribution in [3.05, 3.63) is 24.2 Å². The maximum atomic E-state index is 10.8. The lowest BCUT2D eigenvalue weighted by atomic mass is 10.4. The predicted molar refractivity (Wildman–Crippen MR) is 72.5 cm³/mol. The van der Waals surface area contributed by atoms with Gasteiger partial charge in [-0.15, -0.1) is 0 Å². The molecule has 8 heteroatoms. The van der Waals surface area contributed by atoms with Gasteiger partial charge in [-0.2, -0.15) is 0 Å². The van der Waals surface area contributed by atoms with Crippen molar-refractivity contribution in [2.45, 2.75) is 26.0 Å². The Balaban J connectivity index is 1.64. The van der Waals surface area contributed by atoms with Crippen molar-refractivity contribution in [3.63, 3.8) is 0 Å². The summed E-state index contributed by atoms with van der Waals surface area (Å²) >= 11 is 5.12. The summed E-state index contributed by atoms with van der Waals surface area (Å²) in [6.45, 7) is 2.21. The number of ether oxygens (including phenoxy) is 3. The van der Waals surface area contributed by atoms with Gasteiger partial charge in [0.15, 0.2) is 11.3 Å². The molecule has 110 valence electrons. The predicted octanol–water partition coefficient (Wildman–Crippen LogP) is 0.506. The van der Waals surface area contributed by atoms with Crippen molar-refractivity contribution in [2.75, 3.05) is 13.2 Å². The maximum Gasteiger partial charge on any atom is 0.305 e. The Morgan fingerprint density at radius 2 is 2.35 bits per heavy atom. The SMILES string of the molecule is CC(=O)O[C@H]1CO[C@@H](NC(=S)NCc2ccco2)CO1. The third-order valence-corrected chi connectivity index (χ3v) is 2.72. The number of thiocarbonyl (C=S) groups is 1. The molecule has 1 aliphatic heterocycles. The monoisotopic (exact) mass is 300 g/mol. The molecule has 2 atom stereocenters. The van der Waals surface area contributed by atoms with E-state index in [-0.39, 0.29) is 19.4 Å². The molecule has 0 spiro atoms. The molecule has 7 nitrogen and oxygen atoms in total. The Labute approximate surface area is 121 Å². The smallest absolute Gasteiger partial charge is 0.305 e. The molecule has 1 aromatic rings. The van der Waals surface area contributed by atoms with Gasteiger partial charge in [-0.1, -0.05) is 0 Å². The number of esters is 1. The van der Waals surface area contributed by atoms with E-state index in [1.165, 1.54) is 6.92 Å². The average molecular weight is 300 g/mol. The summed E-state index contributed by atoms with van der Waals surface area (Å²) in [5, 5.41) is 6.36. The Morgan fingerprint density at radius 3 is 2.95 bits per heavy atom. The standard InChI is InChI=1S/C12H16N2O5S/c1-8(15)19-11-7-17-10(6-18-11)14-12(20)13-5-9-3-2-4-16-9/h2-4,10-11H,5-7H2,1H3,(H2,13,14,20)/t10-,11+/m1/s1. The normalized spacial score (nSPS) is 22.1. The van der Waals surface area contributed by atoms with E-state index in [0.29, 0.717) is 11.7 Å². The Morgan fingerprint density at radius 1 is 1.50 bits per heavy atom. The van der Waals surface area contributed by atoms with Crippen molar-refractivity contribution in [3.8, 4) is 0 Å². The minimum Gasteiger partial charge on any atom is -0.467 e. The second kappa shape index (κ2) is 7.22. The number of hydrogen-bond acceptors (Lipinski definition) is 6. The highest BCUT2D eigenvalue weighted by atomic mass is 32.1. The van der Waals surface area contributed by atoms with Crippen molar-refractivity contribution >= 4 is 23.3 Å². The van der Waals surface area contributed by atoms with E-state index in [0.717, 1.165) is 5.76 Å². The number of hydrogen-bond donors (Lipinski definition) is 2. The molecule has 0 radical (unpaired) electrons. The van der Waals surface area contributed by atoms with Crippen LogP contribution in [0.25, 0.3) is 0 Å². The number of carbonyl (C=O) groups excluding carboxylic acids is 1. The maximum absolute atomic E-state index is 10.8. The Bertz CT molecular complexity index is 443. The van der Waals surface area contributed by atoms with Crippen molar-refractivity contribution in [1.82, 2.24) is 10.6 Å². The van der Waals surface area contributed by atoms with Crippen LogP contribution in [-0.4, -0.2) is 36.8 Å².